The molecule has 0 aliphatic carbocycles. The Morgan fingerprint density at radius 2 is 1.87 bits per heavy atom. The van der Waals surface area contributed by atoms with Crippen LogP contribution in [0.2, 0.25) is 0 Å². The third kappa shape index (κ3) is 5.20. The molecular weight excluding hydrogens is 384 g/mol. The molecule has 0 bridgehead atoms. The van der Waals surface area contributed by atoms with Crippen LogP contribution >= 0.6 is 0 Å². The fourth-order valence-electron chi connectivity index (χ4n) is 3.44. The second kappa shape index (κ2) is 9.96. The van der Waals surface area contributed by atoms with Gasteiger partial charge in [-0.25, -0.2) is 8.78 Å². The lowest BCUT2D eigenvalue weighted by Gasteiger charge is -2.33. The monoisotopic (exact) mass is 409 g/mol. The predicted molar refractivity (Wildman–Crippen MR) is 114 cm³/mol. The van der Waals surface area contributed by atoms with Crippen molar-refractivity contribution < 1.29 is 13.6 Å². The average molecular weight is 409 g/mol. The minimum Gasteiger partial charge on any atom is -0.357 e. The van der Waals surface area contributed by atoms with Crippen molar-refractivity contribution in [1.29, 1.82) is 0 Å². The molecular formula is C24H25F2N3O. The number of amides is 1. The van der Waals surface area contributed by atoms with E-state index in [0.29, 0.717) is 24.9 Å². The number of benzene rings is 2. The number of anilines is 1. The zero-order valence-corrected chi connectivity index (χ0v) is 17.1. The van der Waals surface area contributed by atoms with Crippen molar-refractivity contribution in [2.75, 3.05) is 18.5 Å². The molecule has 3 rings (SSSR count). The van der Waals surface area contributed by atoms with Gasteiger partial charge in [-0.1, -0.05) is 30.3 Å². The van der Waals surface area contributed by atoms with Crippen LogP contribution in [0.3, 0.4) is 0 Å². The van der Waals surface area contributed by atoms with Crippen molar-refractivity contribution in [2.45, 2.75) is 25.8 Å². The Morgan fingerprint density at radius 3 is 2.50 bits per heavy atom. The van der Waals surface area contributed by atoms with Gasteiger partial charge in [0, 0.05) is 25.0 Å². The quantitative estimate of drug-likeness (QED) is 0.592. The molecule has 0 spiro atoms. The number of nitrogens with one attached hydrogen (secondary N) is 1. The van der Waals surface area contributed by atoms with Crippen LogP contribution in [0.4, 0.5) is 14.5 Å². The molecule has 1 aromatic heterocycles. The number of pyridine rings is 1. The molecule has 1 amide bonds. The highest BCUT2D eigenvalue weighted by Gasteiger charge is 2.27. The van der Waals surface area contributed by atoms with Gasteiger partial charge in [0.1, 0.15) is 17.7 Å². The number of carbonyl (C=O) groups excluding carboxylic acids is 1. The maximum atomic E-state index is 13.9. The number of carbonyl (C=O) groups is 1. The van der Waals surface area contributed by atoms with E-state index in [0.717, 1.165) is 16.9 Å². The molecule has 1 atom stereocenters. The second-order valence-corrected chi connectivity index (χ2v) is 7.13. The number of likely N-dealkylation sites (N-methyl/N-ethyl adjacent to an activating group) is 1. The van der Waals surface area contributed by atoms with Crippen molar-refractivity contribution >= 4 is 11.6 Å². The van der Waals surface area contributed by atoms with Crippen LogP contribution in [-0.2, 0) is 11.2 Å². The number of hydrogen-bond acceptors (Lipinski definition) is 3. The van der Waals surface area contributed by atoms with Crippen LogP contribution < -0.4 is 10.2 Å². The van der Waals surface area contributed by atoms with E-state index >= 15 is 0 Å². The number of aryl methyl sites for hydroxylation is 2. The molecule has 0 saturated carbocycles. The number of halogens is 2. The first-order valence-electron chi connectivity index (χ1n) is 9.89. The van der Waals surface area contributed by atoms with E-state index in [1.54, 1.807) is 32.2 Å². The first-order chi connectivity index (χ1) is 14.5. The second-order valence-electron chi connectivity index (χ2n) is 7.13. The van der Waals surface area contributed by atoms with E-state index in [9.17, 15) is 13.6 Å². The van der Waals surface area contributed by atoms with E-state index in [1.165, 1.54) is 18.3 Å². The Kier molecular flexibility index (Phi) is 7.12. The van der Waals surface area contributed by atoms with Gasteiger partial charge < -0.3 is 10.2 Å². The Bertz CT molecular complexity index is 978. The fourth-order valence-corrected chi connectivity index (χ4v) is 3.44. The SMILES string of the molecule is CNC(=O)C(c1ccccc1)N(CCCc1ccc(F)cn1)c1ccc(F)c(C)c1. The van der Waals surface area contributed by atoms with Gasteiger partial charge in [0.05, 0.1) is 6.20 Å². The lowest BCUT2D eigenvalue weighted by molar-refractivity contribution is -0.122. The summed E-state index contributed by atoms with van der Waals surface area (Å²) in [5.74, 6) is -0.806. The summed E-state index contributed by atoms with van der Waals surface area (Å²) >= 11 is 0. The molecule has 2 aromatic carbocycles. The third-order valence-corrected chi connectivity index (χ3v) is 5.02. The van der Waals surface area contributed by atoms with Gasteiger partial charge in [-0.3, -0.25) is 9.78 Å². The molecule has 1 N–H and O–H groups in total. The largest absolute Gasteiger partial charge is 0.357 e. The molecule has 30 heavy (non-hydrogen) atoms. The highest BCUT2D eigenvalue weighted by atomic mass is 19.1. The number of hydrogen-bond donors (Lipinski definition) is 1. The van der Waals surface area contributed by atoms with E-state index in [4.69, 9.17) is 0 Å². The van der Waals surface area contributed by atoms with Gasteiger partial charge in [-0.05, 0) is 61.2 Å². The van der Waals surface area contributed by atoms with Gasteiger partial charge in [0.15, 0.2) is 0 Å². The predicted octanol–water partition coefficient (Wildman–Crippen LogP) is 4.59. The lowest BCUT2D eigenvalue weighted by atomic mass is 10.0. The Morgan fingerprint density at radius 1 is 1.10 bits per heavy atom. The summed E-state index contributed by atoms with van der Waals surface area (Å²) in [4.78, 5) is 19.0. The van der Waals surface area contributed by atoms with Gasteiger partial charge in [0.25, 0.3) is 0 Å². The van der Waals surface area contributed by atoms with E-state index in [1.807, 2.05) is 35.2 Å². The molecule has 156 valence electrons. The number of rotatable bonds is 8. The minimum atomic E-state index is -0.567. The maximum Gasteiger partial charge on any atom is 0.247 e. The molecule has 3 aromatic rings. The highest BCUT2D eigenvalue weighted by Crippen LogP contribution is 2.29. The van der Waals surface area contributed by atoms with Crippen molar-refractivity contribution in [3.63, 3.8) is 0 Å². The van der Waals surface area contributed by atoms with Gasteiger partial charge in [0.2, 0.25) is 5.91 Å². The van der Waals surface area contributed by atoms with Crippen LogP contribution in [0, 0.1) is 18.6 Å². The zero-order chi connectivity index (χ0) is 21.5. The molecule has 0 aliphatic rings. The van der Waals surface area contributed by atoms with E-state index in [-0.39, 0.29) is 17.5 Å². The van der Waals surface area contributed by atoms with Crippen LogP contribution in [0.5, 0.6) is 0 Å². The van der Waals surface area contributed by atoms with Crippen LogP contribution in [0.1, 0.15) is 29.3 Å². The zero-order valence-electron chi connectivity index (χ0n) is 17.1. The molecule has 4 nitrogen and oxygen atoms in total. The first kappa shape index (κ1) is 21.4. The third-order valence-electron chi connectivity index (χ3n) is 5.02. The van der Waals surface area contributed by atoms with Gasteiger partial charge in [-0.15, -0.1) is 0 Å². The standard InChI is InChI=1S/C24H25F2N3O/c1-17-15-21(12-13-22(17)26)29(14-6-9-20-11-10-19(25)16-28-20)23(24(30)27-2)18-7-4-3-5-8-18/h3-5,7-8,10-13,15-16,23H,6,9,14H2,1-2H3,(H,27,30). The molecule has 0 fully saturated rings. The average Bonchev–Trinajstić information content (AvgIpc) is 2.76. The van der Waals surface area contributed by atoms with Gasteiger partial charge in [-0.2, -0.15) is 0 Å². The number of nitrogens with zero attached hydrogens (tertiary/aromatic N) is 2. The molecule has 0 aliphatic heterocycles. The summed E-state index contributed by atoms with van der Waals surface area (Å²) < 4.78 is 27.0. The van der Waals surface area contributed by atoms with Crippen LogP contribution in [-0.4, -0.2) is 24.5 Å². The molecule has 1 unspecified atom stereocenters. The highest BCUT2D eigenvalue weighted by molar-refractivity contribution is 5.86. The van der Waals surface area contributed by atoms with E-state index < -0.39 is 6.04 Å². The van der Waals surface area contributed by atoms with Crippen LogP contribution in [0.25, 0.3) is 0 Å². The molecule has 0 radical (unpaired) electrons. The van der Waals surface area contributed by atoms with Crippen LogP contribution in [0.15, 0.2) is 66.9 Å². The van der Waals surface area contributed by atoms with E-state index in [2.05, 4.69) is 10.3 Å². The molecule has 1 heterocycles. The van der Waals surface area contributed by atoms with Crippen molar-refractivity contribution in [3.8, 4) is 0 Å². The summed E-state index contributed by atoms with van der Waals surface area (Å²) in [7, 11) is 1.61. The Balaban J connectivity index is 1.91. The number of aromatic nitrogens is 1. The Hall–Kier alpha value is -3.28. The maximum absolute atomic E-state index is 13.9. The van der Waals surface area contributed by atoms with Crippen molar-refractivity contribution in [3.05, 3.63) is 95.3 Å². The molecule has 6 heteroatoms. The summed E-state index contributed by atoms with van der Waals surface area (Å²) in [6.45, 7) is 2.24. The lowest BCUT2D eigenvalue weighted by Crippen LogP contribution is -2.40. The summed E-state index contributed by atoms with van der Waals surface area (Å²) in [6, 6.07) is 16.8. The summed E-state index contributed by atoms with van der Waals surface area (Å²) in [5, 5.41) is 2.75. The van der Waals surface area contributed by atoms with Crippen molar-refractivity contribution in [1.82, 2.24) is 10.3 Å². The smallest absolute Gasteiger partial charge is 0.247 e. The minimum absolute atomic E-state index is 0.150. The van der Waals surface area contributed by atoms with Crippen molar-refractivity contribution in [2.24, 2.45) is 0 Å². The summed E-state index contributed by atoms with van der Waals surface area (Å²) in [5.41, 5.74) is 2.90. The fraction of sp³-hybridized carbons (Fsp3) is 0.250. The summed E-state index contributed by atoms with van der Waals surface area (Å²) in [6.07, 6.45) is 2.52. The Labute approximate surface area is 175 Å². The van der Waals surface area contributed by atoms with Gasteiger partial charge >= 0.3 is 0 Å². The molecule has 0 saturated heterocycles. The first-order valence-corrected chi connectivity index (χ1v) is 9.89. The topological polar surface area (TPSA) is 45.2 Å². The normalized spacial score (nSPS) is 11.7.